The van der Waals surface area contributed by atoms with Gasteiger partial charge in [-0.2, -0.15) is 0 Å². The molecule has 3 heterocycles. The fourth-order valence-corrected chi connectivity index (χ4v) is 7.66. The van der Waals surface area contributed by atoms with E-state index in [1.807, 2.05) is 0 Å². The lowest BCUT2D eigenvalue weighted by Gasteiger charge is -2.21. The smallest absolute Gasteiger partial charge is 0.267 e. The number of hydrogen-bond donors (Lipinski definition) is 1. The third-order valence-electron chi connectivity index (χ3n) is 5.95. The van der Waals surface area contributed by atoms with Gasteiger partial charge in [0.15, 0.2) is 9.84 Å². The lowest BCUT2D eigenvalue weighted by Crippen LogP contribution is -2.39. The molecular formula is C23H18ClN3O5S3. The van der Waals surface area contributed by atoms with Crippen molar-refractivity contribution in [3.63, 3.8) is 0 Å². The number of carbonyl (C=O) groups excluding carboxylic acids is 3. The van der Waals surface area contributed by atoms with Gasteiger partial charge in [-0.1, -0.05) is 53.8 Å². The van der Waals surface area contributed by atoms with Crippen LogP contribution < -0.4 is 10.2 Å². The molecule has 0 unspecified atom stereocenters. The summed E-state index contributed by atoms with van der Waals surface area (Å²) in [5.74, 6) is -1.53. The van der Waals surface area contributed by atoms with Gasteiger partial charge in [0.1, 0.15) is 10.9 Å². The van der Waals surface area contributed by atoms with Crippen LogP contribution in [0.3, 0.4) is 0 Å². The molecule has 3 aliphatic heterocycles. The third kappa shape index (κ3) is 4.49. The minimum absolute atomic E-state index is 0.00109. The topological polar surface area (TPSA) is 104 Å². The number of rotatable bonds is 4. The summed E-state index contributed by atoms with van der Waals surface area (Å²) in [6, 6.07) is 13.0. The molecule has 0 radical (unpaired) electrons. The van der Waals surface area contributed by atoms with Crippen LogP contribution >= 0.6 is 35.6 Å². The Hall–Kier alpha value is -2.73. The molecule has 0 aliphatic carbocycles. The summed E-state index contributed by atoms with van der Waals surface area (Å²) < 4.78 is 24.1. The van der Waals surface area contributed by atoms with Gasteiger partial charge in [-0.15, -0.1) is 0 Å². The molecule has 0 aromatic heterocycles. The number of nitrogens with zero attached hydrogens (tertiary/aromatic N) is 2. The standard InChI is InChI=1S/C23H18ClN3O5S3/c24-13-5-7-14(8-6-13)25-18(28)11-26-17-4-2-1-3-16(17)19(21(26)29)20-22(30)27(23(33)34-20)15-9-10-35(31,32)12-15/h1-8,15H,9-12H2,(H,25,28)/b20-19-/t15-/m0/s1. The Morgan fingerprint density at radius 2 is 1.83 bits per heavy atom. The number of sulfone groups is 1. The first-order valence-electron chi connectivity index (χ1n) is 10.6. The Bertz CT molecular complexity index is 1420. The van der Waals surface area contributed by atoms with Gasteiger partial charge in [0.05, 0.1) is 33.7 Å². The number of anilines is 2. The highest BCUT2D eigenvalue weighted by atomic mass is 35.5. The average molecular weight is 548 g/mol. The van der Waals surface area contributed by atoms with E-state index in [-0.39, 0.29) is 32.8 Å². The van der Waals surface area contributed by atoms with E-state index >= 15 is 0 Å². The molecule has 1 N–H and O–H groups in total. The van der Waals surface area contributed by atoms with E-state index in [0.717, 1.165) is 11.8 Å². The number of fused-ring (bicyclic) bond motifs is 1. The summed E-state index contributed by atoms with van der Waals surface area (Å²) in [6.07, 6.45) is 0.304. The SMILES string of the molecule is O=C(CN1C(=O)/C(=C2\SC(=S)N([C@H]3CCS(=O)(=O)C3)C2=O)c2ccccc21)Nc1ccc(Cl)cc1. The van der Waals surface area contributed by atoms with Crippen LogP contribution in [0.5, 0.6) is 0 Å². The third-order valence-corrected chi connectivity index (χ3v) is 9.36. The van der Waals surface area contributed by atoms with Crippen LogP contribution in [0.2, 0.25) is 5.02 Å². The highest BCUT2D eigenvalue weighted by molar-refractivity contribution is 8.26. The highest BCUT2D eigenvalue weighted by Gasteiger charge is 2.46. The van der Waals surface area contributed by atoms with Crippen molar-refractivity contribution in [2.75, 3.05) is 28.3 Å². The molecule has 0 bridgehead atoms. The van der Waals surface area contributed by atoms with E-state index in [1.165, 1.54) is 9.80 Å². The highest BCUT2D eigenvalue weighted by Crippen LogP contribution is 2.45. The van der Waals surface area contributed by atoms with E-state index in [1.54, 1.807) is 48.5 Å². The lowest BCUT2D eigenvalue weighted by molar-refractivity contribution is -0.123. The molecule has 5 rings (SSSR count). The van der Waals surface area contributed by atoms with E-state index in [9.17, 15) is 22.8 Å². The van der Waals surface area contributed by atoms with Crippen molar-refractivity contribution in [3.05, 3.63) is 64.0 Å². The number of benzene rings is 2. The molecule has 1 atom stereocenters. The summed E-state index contributed by atoms with van der Waals surface area (Å²) >= 11 is 12.3. The predicted octanol–water partition coefficient (Wildman–Crippen LogP) is 3.08. The van der Waals surface area contributed by atoms with Crippen LogP contribution in [0.4, 0.5) is 11.4 Å². The van der Waals surface area contributed by atoms with Crippen molar-refractivity contribution < 1.29 is 22.8 Å². The molecule has 35 heavy (non-hydrogen) atoms. The zero-order chi connectivity index (χ0) is 24.9. The van der Waals surface area contributed by atoms with Gasteiger partial charge in [0, 0.05) is 16.3 Å². The van der Waals surface area contributed by atoms with Gasteiger partial charge in [-0.25, -0.2) is 8.42 Å². The fourth-order valence-electron chi connectivity index (χ4n) is 4.36. The maximum absolute atomic E-state index is 13.5. The molecule has 8 nitrogen and oxygen atoms in total. The van der Waals surface area contributed by atoms with Crippen LogP contribution in [0.1, 0.15) is 12.0 Å². The Morgan fingerprint density at radius 1 is 1.11 bits per heavy atom. The second kappa shape index (κ2) is 9.05. The van der Waals surface area contributed by atoms with Gasteiger partial charge in [0.25, 0.3) is 11.8 Å². The maximum atomic E-state index is 13.5. The second-order valence-electron chi connectivity index (χ2n) is 8.27. The first-order valence-corrected chi connectivity index (χ1v) is 14.0. The number of halogens is 1. The molecule has 180 valence electrons. The van der Waals surface area contributed by atoms with Gasteiger partial charge in [-0.05, 0) is 36.8 Å². The molecule has 12 heteroatoms. The minimum Gasteiger partial charge on any atom is -0.325 e. The van der Waals surface area contributed by atoms with Crippen LogP contribution in [0.25, 0.3) is 5.57 Å². The number of carbonyl (C=O) groups is 3. The Balaban J connectivity index is 1.44. The molecule has 0 spiro atoms. The van der Waals surface area contributed by atoms with Crippen molar-refractivity contribution in [2.24, 2.45) is 0 Å². The van der Waals surface area contributed by atoms with Crippen LogP contribution in [-0.4, -0.2) is 59.5 Å². The van der Waals surface area contributed by atoms with Crippen molar-refractivity contribution in [2.45, 2.75) is 12.5 Å². The number of para-hydroxylation sites is 1. The molecule has 2 saturated heterocycles. The van der Waals surface area contributed by atoms with Crippen LogP contribution in [0, 0.1) is 0 Å². The van der Waals surface area contributed by atoms with Crippen LogP contribution in [-0.2, 0) is 24.2 Å². The monoisotopic (exact) mass is 547 g/mol. The summed E-state index contributed by atoms with van der Waals surface area (Å²) in [6.45, 7) is -0.261. The normalized spacial score (nSPS) is 23.2. The molecule has 2 fully saturated rings. The number of amides is 3. The van der Waals surface area contributed by atoms with Gasteiger partial charge < -0.3 is 5.32 Å². The molecule has 2 aromatic carbocycles. The largest absolute Gasteiger partial charge is 0.325 e. The van der Waals surface area contributed by atoms with Gasteiger partial charge in [0.2, 0.25) is 5.91 Å². The van der Waals surface area contributed by atoms with Crippen LogP contribution in [0.15, 0.2) is 53.4 Å². The average Bonchev–Trinajstić information content (AvgIpc) is 3.40. The second-order valence-corrected chi connectivity index (χ2v) is 12.6. The van der Waals surface area contributed by atoms with E-state index < -0.39 is 33.6 Å². The zero-order valence-electron chi connectivity index (χ0n) is 18.1. The van der Waals surface area contributed by atoms with Crippen molar-refractivity contribution in [1.29, 1.82) is 0 Å². The number of nitrogens with one attached hydrogen (secondary N) is 1. The van der Waals surface area contributed by atoms with Crippen molar-refractivity contribution in [1.82, 2.24) is 4.90 Å². The molecule has 3 amide bonds. The van der Waals surface area contributed by atoms with Gasteiger partial charge in [-0.3, -0.25) is 24.2 Å². The van der Waals surface area contributed by atoms with Crippen molar-refractivity contribution in [3.8, 4) is 0 Å². The Labute approximate surface area is 216 Å². The molecular weight excluding hydrogens is 530 g/mol. The summed E-state index contributed by atoms with van der Waals surface area (Å²) in [7, 11) is -3.23. The first-order chi connectivity index (χ1) is 16.6. The maximum Gasteiger partial charge on any atom is 0.267 e. The van der Waals surface area contributed by atoms with Gasteiger partial charge >= 0.3 is 0 Å². The minimum atomic E-state index is -3.23. The van der Waals surface area contributed by atoms with Crippen molar-refractivity contribution >= 4 is 84.4 Å². The zero-order valence-corrected chi connectivity index (χ0v) is 21.3. The Morgan fingerprint density at radius 3 is 2.51 bits per heavy atom. The summed E-state index contributed by atoms with van der Waals surface area (Å²) in [5.41, 5.74) is 1.73. The van der Waals surface area contributed by atoms with E-state index in [0.29, 0.717) is 28.4 Å². The number of hydrogen-bond acceptors (Lipinski definition) is 7. The number of thiocarbonyl (C=S) groups is 1. The first kappa shape index (κ1) is 24.0. The molecule has 0 saturated carbocycles. The predicted molar refractivity (Wildman–Crippen MR) is 140 cm³/mol. The van der Waals surface area contributed by atoms with E-state index in [2.05, 4.69) is 5.32 Å². The number of thioether (sulfide) groups is 1. The fraction of sp³-hybridized carbons (Fsp3) is 0.217. The molecule has 3 aliphatic rings. The lowest BCUT2D eigenvalue weighted by atomic mass is 10.1. The summed E-state index contributed by atoms with van der Waals surface area (Å²) in [4.78, 5) is 42.4. The quantitative estimate of drug-likeness (QED) is 0.463. The van der Waals surface area contributed by atoms with E-state index in [4.69, 9.17) is 23.8 Å². The molecule has 2 aromatic rings. The summed E-state index contributed by atoms with van der Waals surface area (Å²) in [5, 5.41) is 3.27. The Kier molecular flexibility index (Phi) is 6.20.